The summed E-state index contributed by atoms with van der Waals surface area (Å²) in [4.78, 5) is 82.3. The number of fused-ring (bicyclic) bond motifs is 4. The Morgan fingerprint density at radius 1 is 0.603 bits per heavy atom. The quantitative estimate of drug-likeness (QED) is 0.129. The van der Waals surface area contributed by atoms with E-state index in [1.807, 2.05) is 13.3 Å². The topological polar surface area (TPSA) is 287 Å². The van der Waals surface area contributed by atoms with Crippen LogP contribution in [0.1, 0.15) is 156 Å². The minimum Gasteiger partial charge on any atom is -0.389 e. The standard InChI is InChI=1S/C15H23N3O3.C15H22N2O4.C12H18N3O2.C12H17N2O3.2Y/c1-4-10-11-13(21-15(10,5-2)6-7-20-11)18-8-9(3)12(16)17-14(18)19;1-4-10-11-13(21-15(10,5-2)6-7-20-11)17-8-9(3)12(18)16-14(17)19;1-3-8-7-11(17-9(8)4-2)15-6-5-10(13)14-12(15)16;1-3-8-7-11(17-9(8)4-2)14-6-5-10(15)13-12(14)16;;/h8,10-11,13H,4-7H2,1-3H3,(H2,16,17,19);8,10-11,13H,4-7H2,1-3H3,(H,16,18,19);5-9,11H,3-4H2,1-2H3,(H2,13,14,16);5-9,11H,3-4H2,1-2H3,(H,13,15,16);;/q;;2*-1;;/t2*10?,11-,13+,15-;2*8?,9-,11-;;/m0011../s1. The van der Waals surface area contributed by atoms with Crippen LogP contribution in [-0.2, 0) is 93.8 Å². The molecule has 10 rings (SSSR count). The maximum Gasteiger partial charge on any atom is 0.351 e. The van der Waals surface area contributed by atoms with Crippen LogP contribution in [0.2, 0.25) is 0 Å². The number of H-pyrrole nitrogens is 2. The van der Waals surface area contributed by atoms with E-state index >= 15 is 0 Å². The van der Waals surface area contributed by atoms with Gasteiger partial charge in [0.05, 0.1) is 11.2 Å². The smallest absolute Gasteiger partial charge is 0.351 e. The summed E-state index contributed by atoms with van der Waals surface area (Å²) in [6.07, 6.45) is 18.5. The van der Waals surface area contributed by atoms with E-state index in [1.165, 1.54) is 26.0 Å². The van der Waals surface area contributed by atoms with Crippen molar-refractivity contribution < 1.29 is 93.8 Å². The van der Waals surface area contributed by atoms with E-state index in [2.05, 4.69) is 81.7 Å². The molecule has 24 heteroatoms. The number of hydrogen-bond acceptors (Lipinski definition) is 16. The van der Waals surface area contributed by atoms with E-state index in [0.29, 0.717) is 36.5 Å². The van der Waals surface area contributed by atoms with E-state index < -0.39 is 23.8 Å². The van der Waals surface area contributed by atoms with Crippen molar-refractivity contribution in [1.82, 2.24) is 38.2 Å². The second-order valence-electron chi connectivity index (χ2n) is 20.6. The van der Waals surface area contributed by atoms with Crippen LogP contribution < -0.4 is 45.3 Å². The molecular weight excluding hydrogens is 1160 g/mol. The molecule has 0 aromatic carbocycles. The fourth-order valence-corrected chi connectivity index (χ4v) is 12.1. The van der Waals surface area contributed by atoms with E-state index in [4.69, 9.17) is 39.9 Å². The summed E-state index contributed by atoms with van der Waals surface area (Å²) >= 11 is 0. The van der Waals surface area contributed by atoms with Crippen LogP contribution >= 0.6 is 0 Å². The van der Waals surface area contributed by atoms with Gasteiger partial charge in [0.15, 0.2) is 12.5 Å². The maximum absolute atomic E-state index is 12.2. The average Bonchev–Trinajstić information content (AvgIpc) is 4.17. The molecule has 14 atom stereocenters. The summed E-state index contributed by atoms with van der Waals surface area (Å²) in [5.41, 5.74) is 9.70. The number of aromatic nitrogens is 8. The minimum atomic E-state index is -0.458. The number of ether oxygens (including phenoxy) is 6. The molecule has 0 amide bonds. The van der Waals surface area contributed by atoms with Crippen LogP contribution in [0.25, 0.3) is 0 Å². The third kappa shape index (κ3) is 13.8. The van der Waals surface area contributed by atoms with E-state index in [1.54, 1.807) is 36.1 Å². The minimum absolute atomic E-state index is 0. The summed E-state index contributed by atoms with van der Waals surface area (Å²) in [5, 5.41) is 0. The second-order valence-corrected chi connectivity index (χ2v) is 20.6. The molecule has 0 saturated carbocycles. The molecule has 0 aliphatic carbocycles. The van der Waals surface area contributed by atoms with E-state index in [9.17, 15) is 28.8 Å². The SMILES string of the molecule is CCC1[C@@H]2OCC[C@]1(CC)O[C@H]2n1cc(C)c(=O)[nH]c1=O.CCC1[C@@H]2OCC[C@]1(CC)O[C@H]2n1cc(C)c(N)nc1=O.CCC1[CH-][C@H](n2ccc(=O)[nH]c2=O)O[C@@H]1CC.CCC1[CH-][C@H](n2ccc(N)nc2=O)O[C@@H]1CC.[Y].[Y]. The van der Waals surface area contributed by atoms with Gasteiger partial charge in [0, 0.05) is 170 Å². The zero-order chi connectivity index (χ0) is 55.2. The summed E-state index contributed by atoms with van der Waals surface area (Å²) < 4.78 is 42.1. The second kappa shape index (κ2) is 28.6. The summed E-state index contributed by atoms with van der Waals surface area (Å²) in [5.74, 6) is 1.86. The van der Waals surface area contributed by atoms with Crippen LogP contribution in [0.15, 0.2) is 65.7 Å². The van der Waals surface area contributed by atoms with Gasteiger partial charge in [-0.05, 0) is 58.4 Å². The molecule has 0 spiro atoms. The Labute approximate surface area is 505 Å². The van der Waals surface area contributed by atoms with Crippen LogP contribution in [-0.4, -0.2) is 87.0 Å². The number of aromatic amines is 2. The van der Waals surface area contributed by atoms with Crippen LogP contribution in [0.4, 0.5) is 11.6 Å². The molecule has 6 fully saturated rings. The predicted octanol–water partition coefficient (Wildman–Crippen LogP) is 5.40. The third-order valence-electron chi connectivity index (χ3n) is 16.4. The van der Waals surface area contributed by atoms with Gasteiger partial charge in [0.1, 0.15) is 23.8 Å². The molecule has 6 aliphatic heterocycles. The van der Waals surface area contributed by atoms with Crippen molar-refractivity contribution in [2.24, 2.45) is 23.7 Å². The molecule has 426 valence electrons. The number of nitrogens with one attached hydrogen (secondary N) is 2. The molecule has 6 N–H and O–H groups in total. The van der Waals surface area contributed by atoms with Gasteiger partial charge in [-0.15, -0.1) is 11.8 Å². The Morgan fingerprint density at radius 2 is 1.08 bits per heavy atom. The molecule has 4 aromatic rings. The summed E-state index contributed by atoms with van der Waals surface area (Å²) in [7, 11) is 0. The van der Waals surface area contributed by atoms with Gasteiger partial charge in [-0.2, -0.15) is 9.97 Å². The summed E-state index contributed by atoms with van der Waals surface area (Å²) in [6.45, 7) is 21.8. The predicted molar refractivity (Wildman–Crippen MR) is 285 cm³/mol. The van der Waals surface area contributed by atoms with Gasteiger partial charge in [-0.25, -0.2) is 19.2 Å². The molecular formula is C54H80N10O12Y2-2. The Hall–Kier alpha value is -3.31. The van der Waals surface area contributed by atoms with Gasteiger partial charge in [-0.3, -0.25) is 41.5 Å². The fourth-order valence-electron chi connectivity index (χ4n) is 12.1. The number of nitrogens with zero attached hydrogens (tertiary/aromatic N) is 6. The van der Waals surface area contributed by atoms with Gasteiger partial charge >= 0.3 is 22.8 Å². The molecule has 10 heterocycles. The number of rotatable bonds is 12. The largest absolute Gasteiger partial charge is 0.389 e. The zero-order valence-electron chi connectivity index (χ0n) is 46.9. The number of anilines is 2. The Kier molecular flexibility index (Phi) is 24.0. The zero-order valence-corrected chi connectivity index (χ0v) is 52.6. The van der Waals surface area contributed by atoms with Crippen molar-refractivity contribution in [1.29, 1.82) is 0 Å². The maximum atomic E-state index is 12.2. The number of hydrogen-bond donors (Lipinski definition) is 4. The Bertz CT molecular complexity index is 2960. The molecule has 22 nitrogen and oxygen atoms in total. The van der Waals surface area contributed by atoms with Crippen molar-refractivity contribution in [3.63, 3.8) is 0 Å². The van der Waals surface area contributed by atoms with Gasteiger partial charge < -0.3 is 49.0 Å². The van der Waals surface area contributed by atoms with Crippen molar-refractivity contribution >= 4 is 11.6 Å². The van der Waals surface area contributed by atoms with Crippen molar-refractivity contribution in [3.8, 4) is 0 Å². The Morgan fingerprint density at radius 3 is 1.53 bits per heavy atom. The Balaban J connectivity index is 0.000000191. The van der Waals surface area contributed by atoms with Crippen molar-refractivity contribution in [3.05, 3.63) is 124 Å². The van der Waals surface area contributed by atoms with Gasteiger partial charge in [-0.1, -0.05) is 68.2 Å². The molecule has 4 unspecified atom stereocenters. The normalized spacial score (nSPS) is 31.3. The van der Waals surface area contributed by atoms with Crippen LogP contribution in [0.5, 0.6) is 0 Å². The van der Waals surface area contributed by atoms with Crippen molar-refractivity contribution in [2.45, 2.75) is 194 Å². The van der Waals surface area contributed by atoms with Crippen LogP contribution in [0.3, 0.4) is 0 Å². The molecule has 4 aromatic heterocycles. The number of nitrogen functional groups attached to an aromatic ring is 2. The first-order valence-electron chi connectivity index (χ1n) is 27.3. The first-order chi connectivity index (χ1) is 36.3. The monoisotopic (exact) mass is 1240 g/mol. The van der Waals surface area contributed by atoms with Crippen LogP contribution in [0, 0.1) is 50.4 Å². The van der Waals surface area contributed by atoms with Gasteiger partial charge in [0.2, 0.25) is 0 Å². The first kappa shape index (κ1) is 65.5. The van der Waals surface area contributed by atoms with Gasteiger partial charge in [0.25, 0.3) is 11.1 Å². The molecule has 6 saturated heterocycles. The molecule has 4 bridgehead atoms. The fraction of sp³-hybridized carbons (Fsp3) is 0.667. The summed E-state index contributed by atoms with van der Waals surface area (Å²) in [6, 6.07) is 2.94. The van der Waals surface area contributed by atoms with Crippen molar-refractivity contribution in [2.75, 3.05) is 24.7 Å². The number of nitrogens with two attached hydrogens (primary N) is 2. The van der Waals surface area contributed by atoms with E-state index in [0.717, 1.165) is 69.8 Å². The number of aryl methyl sites for hydroxylation is 2. The van der Waals surface area contributed by atoms with E-state index in [-0.39, 0.29) is 154 Å². The average molecular weight is 1240 g/mol. The molecule has 2 radical (unpaired) electrons. The first-order valence-corrected chi connectivity index (χ1v) is 27.3. The third-order valence-corrected chi connectivity index (χ3v) is 16.4. The molecule has 6 aliphatic rings. The molecule has 78 heavy (non-hydrogen) atoms.